The van der Waals surface area contributed by atoms with E-state index >= 15 is 0 Å². The van der Waals surface area contributed by atoms with E-state index in [2.05, 4.69) is 66.0 Å². The summed E-state index contributed by atoms with van der Waals surface area (Å²) in [5.74, 6) is 0. The molecule has 0 heteroatoms. The van der Waals surface area contributed by atoms with Crippen LogP contribution in [0.2, 0.25) is 0 Å². The summed E-state index contributed by atoms with van der Waals surface area (Å²) in [5, 5.41) is 0. The number of rotatable bonds is 9. The second-order valence-electron chi connectivity index (χ2n) is 5.76. The maximum absolute atomic E-state index is 3.74. The van der Waals surface area contributed by atoms with Crippen molar-refractivity contribution in [2.24, 2.45) is 0 Å². The summed E-state index contributed by atoms with van der Waals surface area (Å²) < 4.78 is 0. The lowest BCUT2D eigenvalue weighted by Crippen LogP contribution is -1.80. The van der Waals surface area contributed by atoms with Gasteiger partial charge in [-0.25, -0.2) is 0 Å². The summed E-state index contributed by atoms with van der Waals surface area (Å²) in [6, 6.07) is 0. The fraction of sp³-hybridized carbons (Fsp3) is 0.524. The van der Waals surface area contributed by atoms with Crippen LogP contribution in [0.1, 0.15) is 73.1 Å². The lowest BCUT2D eigenvalue weighted by molar-refractivity contribution is 0.864. The molecule has 0 saturated carbocycles. The molecule has 0 nitrogen and oxygen atoms in total. The van der Waals surface area contributed by atoms with Gasteiger partial charge in [0.1, 0.15) is 0 Å². The first-order valence-corrected chi connectivity index (χ1v) is 8.10. The molecule has 0 spiro atoms. The first-order chi connectivity index (χ1) is 9.97. The Balaban J connectivity index is 0. The molecule has 0 rings (SSSR count). The molecule has 0 unspecified atom stereocenters. The maximum Gasteiger partial charge on any atom is -0.0142 e. The standard InChI is InChI=1S/C12H20.C9H16/c1-5-8-12(6-2)10-7-9-11(3)4;1-4-5-6-7-8-9(2)3/h5-6,9H,1,7-8,10H2,2-4H3;4,8H,1,5-7H2,2-3H3/b12-6-;. The van der Waals surface area contributed by atoms with Gasteiger partial charge in [0.25, 0.3) is 0 Å². The van der Waals surface area contributed by atoms with Gasteiger partial charge in [0.05, 0.1) is 0 Å². The summed E-state index contributed by atoms with van der Waals surface area (Å²) in [4.78, 5) is 0. The summed E-state index contributed by atoms with van der Waals surface area (Å²) in [7, 11) is 0. The van der Waals surface area contributed by atoms with Crippen molar-refractivity contribution < 1.29 is 0 Å². The molecule has 0 aliphatic rings. The fourth-order valence-electron chi connectivity index (χ4n) is 1.75. The van der Waals surface area contributed by atoms with Gasteiger partial charge in [-0.05, 0) is 73.1 Å². The Bertz CT molecular complexity index is 342. The maximum atomic E-state index is 3.74. The predicted molar refractivity (Wildman–Crippen MR) is 101 cm³/mol. The van der Waals surface area contributed by atoms with Crippen LogP contribution in [0.15, 0.2) is 60.3 Å². The third kappa shape index (κ3) is 21.2. The highest BCUT2D eigenvalue weighted by molar-refractivity contribution is 5.07. The second kappa shape index (κ2) is 16.8. The highest BCUT2D eigenvalue weighted by Gasteiger charge is 1.91. The van der Waals surface area contributed by atoms with Gasteiger partial charge in [0.2, 0.25) is 0 Å². The minimum atomic E-state index is 1.03. The molecule has 0 radical (unpaired) electrons. The van der Waals surface area contributed by atoms with Crippen molar-refractivity contribution in [3.8, 4) is 0 Å². The van der Waals surface area contributed by atoms with Crippen molar-refractivity contribution >= 4 is 0 Å². The molecular weight excluding hydrogens is 252 g/mol. The molecule has 0 aliphatic heterocycles. The molecule has 120 valence electrons. The average molecular weight is 289 g/mol. The zero-order chi connectivity index (χ0) is 16.5. The SMILES string of the molecule is C=CC/C(=C/C)CCC=C(C)C.C=CCCCC=C(C)C. The Morgan fingerprint density at radius 3 is 1.81 bits per heavy atom. The van der Waals surface area contributed by atoms with Gasteiger partial charge in [-0.2, -0.15) is 0 Å². The monoisotopic (exact) mass is 288 g/mol. The van der Waals surface area contributed by atoms with Crippen molar-refractivity contribution in [2.45, 2.75) is 73.1 Å². The molecular formula is C21H36. The van der Waals surface area contributed by atoms with Crippen LogP contribution in [-0.2, 0) is 0 Å². The van der Waals surface area contributed by atoms with Gasteiger partial charge in [-0.15, -0.1) is 13.2 Å². The molecule has 0 atom stereocenters. The van der Waals surface area contributed by atoms with E-state index < -0.39 is 0 Å². The molecule has 0 aromatic carbocycles. The molecule has 0 N–H and O–H groups in total. The van der Waals surface area contributed by atoms with Crippen LogP contribution in [0.3, 0.4) is 0 Å². The molecule has 0 aromatic heterocycles. The van der Waals surface area contributed by atoms with Crippen LogP contribution in [0.5, 0.6) is 0 Å². The predicted octanol–water partition coefficient (Wildman–Crippen LogP) is 7.56. The minimum Gasteiger partial charge on any atom is -0.103 e. The van der Waals surface area contributed by atoms with Crippen LogP contribution in [0, 0.1) is 0 Å². The Kier molecular flexibility index (Phi) is 17.5. The summed E-state index contributed by atoms with van der Waals surface area (Å²) >= 11 is 0. The van der Waals surface area contributed by atoms with E-state index in [0.29, 0.717) is 0 Å². The summed E-state index contributed by atoms with van der Waals surface area (Å²) in [5.41, 5.74) is 4.31. The van der Waals surface area contributed by atoms with E-state index in [4.69, 9.17) is 0 Å². The molecule has 0 fully saturated rings. The number of unbranched alkanes of at least 4 members (excludes halogenated alkanes) is 2. The Morgan fingerprint density at radius 1 is 0.810 bits per heavy atom. The molecule has 0 saturated heterocycles. The Morgan fingerprint density at radius 2 is 1.38 bits per heavy atom. The first kappa shape index (κ1) is 22.0. The van der Waals surface area contributed by atoms with Gasteiger partial charge in [0, 0.05) is 0 Å². The third-order valence-corrected chi connectivity index (χ3v) is 3.00. The van der Waals surface area contributed by atoms with Crippen LogP contribution < -0.4 is 0 Å². The van der Waals surface area contributed by atoms with E-state index in [0.717, 1.165) is 19.3 Å². The van der Waals surface area contributed by atoms with Crippen LogP contribution in [0.25, 0.3) is 0 Å². The average Bonchev–Trinajstić information content (AvgIpc) is 2.43. The van der Waals surface area contributed by atoms with Crippen molar-refractivity contribution in [1.29, 1.82) is 0 Å². The zero-order valence-electron chi connectivity index (χ0n) is 15.0. The fourth-order valence-corrected chi connectivity index (χ4v) is 1.75. The highest BCUT2D eigenvalue weighted by Crippen LogP contribution is 2.11. The highest BCUT2D eigenvalue weighted by atomic mass is 14.0. The molecule has 0 aliphatic carbocycles. The van der Waals surface area contributed by atoms with E-state index in [-0.39, 0.29) is 0 Å². The van der Waals surface area contributed by atoms with Gasteiger partial charge >= 0.3 is 0 Å². The van der Waals surface area contributed by atoms with E-state index in [9.17, 15) is 0 Å². The molecule has 0 bridgehead atoms. The largest absolute Gasteiger partial charge is 0.103 e. The second-order valence-corrected chi connectivity index (χ2v) is 5.76. The van der Waals surface area contributed by atoms with E-state index in [1.807, 2.05) is 12.2 Å². The smallest absolute Gasteiger partial charge is 0.0142 e. The molecule has 0 aromatic rings. The Labute approximate surface area is 134 Å². The first-order valence-electron chi connectivity index (χ1n) is 8.10. The molecule has 0 amide bonds. The minimum absolute atomic E-state index is 1.03. The third-order valence-electron chi connectivity index (χ3n) is 3.00. The van der Waals surface area contributed by atoms with Gasteiger partial charge in [-0.1, -0.05) is 47.1 Å². The van der Waals surface area contributed by atoms with Gasteiger partial charge < -0.3 is 0 Å². The topological polar surface area (TPSA) is 0 Å². The van der Waals surface area contributed by atoms with Crippen LogP contribution in [-0.4, -0.2) is 0 Å². The van der Waals surface area contributed by atoms with Gasteiger partial charge in [-0.3, -0.25) is 0 Å². The van der Waals surface area contributed by atoms with Crippen molar-refractivity contribution in [3.63, 3.8) is 0 Å². The normalized spacial score (nSPS) is 10.0. The number of hydrogen-bond donors (Lipinski definition) is 0. The van der Waals surface area contributed by atoms with Crippen molar-refractivity contribution in [3.05, 3.63) is 60.3 Å². The number of hydrogen-bond acceptors (Lipinski definition) is 0. The van der Waals surface area contributed by atoms with E-state index in [1.54, 1.807) is 0 Å². The summed E-state index contributed by atoms with van der Waals surface area (Å²) in [6.45, 7) is 18.0. The van der Waals surface area contributed by atoms with Gasteiger partial charge in [0.15, 0.2) is 0 Å². The zero-order valence-corrected chi connectivity index (χ0v) is 15.0. The molecule has 0 heterocycles. The lowest BCUT2D eigenvalue weighted by Gasteiger charge is -2.00. The van der Waals surface area contributed by atoms with Crippen molar-refractivity contribution in [1.82, 2.24) is 0 Å². The van der Waals surface area contributed by atoms with E-state index in [1.165, 1.54) is 36.0 Å². The summed E-state index contributed by atoms with van der Waals surface area (Å²) in [6.07, 6.45) is 17.6. The Hall–Kier alpha value is -1.30. The lowest BCUT2D eigenvalue weighted by atomic mass is 10.1. The van der Waals surface area contributed by atoms with Crippen LogP contribution >= 0.6 is 0 Å². The number of allylic oxidation sites excluding steroid dienone is 8. The van der Waals surface area contributed by atoms with Crippen LogP contribution in [0.4, 0.5) is 0 Å². The van der Waals surface area contributed by atoms with Crippen molar-refractivity contribution in [2.75, 3.05) is 0 Å². The quantitative estimate of drug-likeness (QED) is 0.303. The molecule has 21 heavy (non-hydrogen) atoms.